The highest BCUT2D eigenvalue weighted by Gasteiger charge is 2.13. The average Bonchev–Trinajstić information content (AvgIpc) is 2.76. The van der Waals surface area contributed by atoms with Gasteiger partial charge < -0.3 is 19.9 Å². The zero-order chi connectivity index (χ0) is 20.3. The van der Waals surface area contributed by atoms with E-state index in [1.807, 2.05) is 0 Å². The molecule has 2 aromatic rings. The molecular formula is C25H37N3O. The molecule has 1 N–H and O–H groups in total. The lowest BCUT2D eigenvalue weighted by atomic mass is 10.0. The standard InChI is InChI=1S/C25H37N3O/c1-27(2)20-16-25(26-23-10-5-3-6-11-23)22-12-14-24(15-13-22)29-21-9-19-28-17-7-4-8-18-28/h3,5-6,10-15,25-26H,4,7-9,16-21H2,1-2H3. The summed E-state index contributed by atoms with van der Waals surface area (Å²) in [4.78, 5) is 4.81. The summed E-state index contributed by atoms with van der Waals surface area (Å²) >= 11 is 0. The minimum atomic E-state index is 0.285. The molecule has 3 rings (SSSR count). The van der Waals surface area contributed by atoms with Gasteiger partial charge in [-0.3, -0.25) is 0 Å². The predicted octanol–water partition coefficient (Wildman–Crippen LogP) is 5.05. The molecule has 1 aliphatic heterocycles. The normalized spacial score (nSPS) is 16.0. The molecular weight excluding hydrogens is 358 g/mol. The number of benzene rings is 2. The number of nitrogens with zero attached hydrogens (tertiary/aromatic N) is 2. The number of para-hydroxylation sites is 1. The average molecular weight is 396 g/mol. The number of anilines is 1. The van der Waals surface area contributed by atoms with Gasteiger partial charge in [0.15, 0.2) is 0 Å². The Morgan fingerprint density at radius 2 is 1.69 bits per heavy atom. The van der Waals surface area contributed by atoms with E-state index in [4.69, 9.17) is 4.74 Å². The van der Waals surface area contributed by atoms with Gasteiger partial charge >= 0.3 is 0 Å². The summed E-state index contributed by atoms with van der Waals surface area (Å²) in [6.07, 6.45) is 6.26. The zero-order valence-corrected chi connectivity index (χ0v) is 18.1. The molecule has 29 heavy (non-hydrogen) atoms. The number of ether oxygens (including phenoxy) is 1. The minimum absolute atomic E-state index is 0.285. The molecule has 1 aliphatic rings. The lowest BCUT2D eigenvalue weighted by Crippen LogP contribution is -2.31. The van der Waals surface area contributed by atoms with Gasteiger partial charge in [0.25, 0.3) is 0 Å². The van der Waals surface area contributed by atoms with Crippen LogP contribution in [-0.2, 0) is 0 Å². The Morgan fingerprint density at radius 1 is 0.966 bits per heavy atom. The van der Waals surface area contributed by atoms with Gasteiger partial charge in [0.1, 0.15) is 5.75 Å². The van der Waals surface area contributed by atoms with Crippen LogP contribution in [0.3, 0.4) is 0 Å². The summed E-state index contributed by atoms with van der Waals surface area (Å²) in [5, 5.41) is 3.69. The van der Waals surface area contributed by atoms with Gasteiger partial charge in [0, 0.05) is 12.2 Å². The quantitative estimate of drug-likeness (QED) is 0.539. The fourth-order valence-corrected chi connectivity index (χ4v) is 3.90. The maximum Gasteiger partial charge on any atom is 0.119 e. The van der Waals surface area contributed by atoms with Crippen molar-refractivity contribution in [1.82, 2.24) is 9.80 Å². The maximum absolute atomic E-state index is 5.99. The first-order valence-electron chi connectivity index (χ1n) is 11.1. The SMILES string of the molecule is CN(C)CCC(Nc1ccccc1)c1ccc(OCCCN2CCCCC2)cc1. The molecule has 2 aromatic carbocycles. The third-order valence-electron chi connectivity index (χ3n) is 5.60. The molecule has 1 atom stereocenters. The van der Waals surface area contributed by atoms with Gasteiger partial charge in [-0.2, -0.15) is 0 Å². The topological polar surface area (TPSA) is 27.7 Å². The second-order valence-corrected chi connectivity index (χ2v) is 8.33. The van der Waals surface area contributed by atoms with E-state index in [-0.39, 0.29) is 6.04 Å². The van der Waals surface area contributed by atoms with Crippen LogP contribution in [0.4, 0.5) is 5.69 Å². The molecule has 1 fully saturated rings. The number of rotatable bonds is 11. The van der Waals surface area contributed by atoms with Gasteiger partial charge in [-0.15, -0.1) is 0 Å². The largest absolute Gasteiger partial charge is 0.494 e. The van der Waals surface area contributed by atoms with Crippen molar-refractivity contribution in [2.45, 2.75) is 38.1 Å². The Bertz CT molecular complexity index is 681. The van der Waals surface area contributed by atoms with Crippen LogP contribution in [0.2, 0.25) is 0 Å². The van der Waals surface area contributed by atoms with Crippen molar-refractivity contribution < 1.29 is 4.74 Å². The Hall–Kier alpha value is -2.04. The number of hydrogen-bond acceptors (Lipinski definition) is 4. The first-order chi connectivity index (χ1) is 14.2. The maximum atomic E-state index is 5.99. The predicted molar refractivity (Wildman–Crippen MR) is 123 cm³/mol. The van der Waals surface area contributed by atoms with E-state index in [2.05, 4.69) is 83.8 Å². The van der Waals surface area contributed by atoms with Crippen LogP contribution in [0, 0.1) is 0 Å². The van der Waals surface area contributed by atoms with Crippen LogP contribution in [-0.4, -0.2) is 56.7 Å². The molecule has 1 saturated heterocycles. The van der Waals surface area contributed by atoms with E-state index >= 15 is 0 Å². The van der Waals surface area contributed by atoms with Crippen molar-refractivity contribution in [2.75, 3.05) is 52.2 Å². The van der Waals surface area contributed by atoms with Gasteiger partial charge in [-0.25, -0.2) is 0 Å². The minimum Gasteiger partial charge on any atom is -0.494 e. The number of piperidine rings is 1. The molecule has 1 unspecified atom stereocenters. The molecule has 1 heterocycles. The van der Waals surface area contributed by atoms with Crippen molar-refractivity contribution in [1.29, 1.82) is 0 Å². The van der Waals surface area contributed by atoms with Gasteiger partial charge in [0.05, 0.1) is 12.6 Å². The monoisotopic (exact) mass is 395 g/mol. The fraction of sp³-hybridized carbons (Fsp3) is 0.520. The fourth-order valence-electron chi connectivity index (χ4n) is 3.90. The zero-order valence-electron chi connectivity index (χ0n) is 18.1. The van der Waals surface area contributed by atoms with E-state index in [9.17, 15) is 0 Å². The van der Waals surface area contributed by atoms with Crippen LogP contribution < -0.4 is 10.1 Å². The molecule has 0 spiro atoms. The van der Waals surface area contributed by atoms with Crippen molar-refractivity contribution >= 4 is 5.69 Å². The van der Waals surface area contributed by atoms with Crippen LogP contribution in [0.15, 0.2) is 54.6 Å². The summed E-state index contributed by atoms with van der Waals surface area (Å²) in [5.41, 5.74) is 2.46. The van der Waals surface area contributed by atoms with Gasteiger partial charge in [-0.05, 0) is 89.2 Å². The molecule has 4 heteroatoms. The second kappa shape index (κ2) is 11.8. The van der Waals surface area contributed by atoms with Crippen molar-refractivity contribution in [3.05, 3.63) is 60.2 Å². The summed E-state index contributed by atoms with van der Waals surface area (Å²) < 4.78 is 5.99. The molecule has 0 bridgehead atoms. The Labute approximate surface area is 176 Å². The molecule has 0 aliphatic carbocycles. The van der Waals surface area contributed by atoms with E-state index in [0.29, 0.717) is 0 Å². The van der Waals surface area contributed by atoms with E-state index in [1.165, 1.54) is 37.9 Å². The van der Waals surface area contributed by atoms with Crippen molar-refractivity contribution in [2.24, 2.45) is 0 Å². The van der Waals surface area contributed by atoms with Crippen LogP contribution >= 0.6 is 0 Å². The highest BCUT2D eigenvalue weighted by atomic mass is 16.5. The summed E-state index contributed by atoms with van der Waals surface area (Å²) in [6, 6.07) is 19.4. The summed E-state index contributed by atoms with van der Waals surface area (Å²) in [5.74, 6) is 0.971. The first-order valence-corrected chi connectivity index (χ1v) is 11.1. The Balaban J connectivity index is 1.50. The molecule has 0 radical (unpaired) electrons. The molecule has 158 valence electrons. The lowest BCUT2D eigenvalue weighted by molar-refractivity contribution is 0.205. The third kappa shape index (κ3) is 7.71. The van der Waals surface area contributed by atoms with E-state index < -0.39 is 0 Å². The number of likely N-dealkylation sites (tertiary alicyclic amines) is 1. The molecule has 0 aromatic heterocycles. The van der Waals surface area contributed by atoms with Crippen molar-refractivity contribution in [3.63, 3.8) is 0 Å². The smallest absolute Gasteiger partial charge is 0.119 e. The number of nitrogens with one attached hydrogen (secondary N) is 1. The molecule has 0 amide bonds. The van der Waals surface area contributed by atoms with Crippen LogP contribution in [0.25, 0.3) is 0 Å². The highest BCUT2D eigenvalue weighted by molar-refractivity contribution is 5.45. The lowest BCUT2D eigenvalue weighted by Gasteiger charge is -2.26. The first kappa shape index (κ1) is 21.7. The van der Waals surface area contributed by atoms with Gasteiger partial charge in [-0.1, -0.05) is 36.8 Å². The van der Waals surface area contributed by atoms with Crippen molar-refractivity contribution in [3.8, 4) is 5.75 Å². The van der Waals surface area contributed by atoms with Gasteiger partial charge in [0.2, 0.25) is 0 Å². The Kier molecular flexibility index (Phi) is 8.84. The van der Waals surface area contributed by atoms with E-state index in [1.54, 1.807) is 0 Å². The molecule has 4 nitrogen and oxygen atoms in total. The summed E-state index contributed by atoms with van der Waals surface area (Å²) in [7, 11) is 4.25. The van der Waals surface area contributed by atoms with Crippen LogP contribution in [0.1, 0.15) is 43.7 Å². The number of hydrogen-bond donors (Lipinski definition) is 1. The van der Waals surface area contributed by atoms with Crippen LogP contribution in [0.5, 0.6) is 5.75 Å². The Morgan fingerprint density at radius 3 is 2.38 bits per heavy atom. The molecule has 0 saturated carbocycles. The second-order valence-electron chi connectivity index (χ2n) is 8.33. The highest BCUT2D eigenvalue weighted by Crippen LogP contribution is 2.25. The summed E-state index contributed by atoms with van der Waals surface area (Å²) in [6.45, 7) is 5.52. The van der Waals surface area contributed by atoms with E-state index in [0.717, 1.165) is 44.0 Å². The third-order valence-corrected chi connectivity index (χ3v) is 5.60.